The summed E-state index contributed by atoms with van der Waals surface area (Å²) in [6.45, 7) is 4.84. The molecule has 1 aliphatic rings. The van der Waals surface area contributed by atoms with Gasteiger partial charge in [0.25, 0.3) is 0 Å². The van der Waals surface area contributed by atoms with Crippen LogP contribution in [-0.4, -0.2) is 61.1 Å². The number of carbonyl (C=O) groups excluding carboxylic acids is 2. The van der Waals surface area contributed by atoms with E-state index in [0.29, 0.717) is 6.42 Å². The molecule has 256 valence electrons. The Labute approximate surface area is 287 Å². The van der Waals surface area contributed by atoms with Crippen LogP contribution in [0.3, 0.4) is 0 Å². The van der Waals surface area contributed by atoms with Gasteiger partial charge in [-0.15, -0.1) is 0 Å². The highest BCUT2D eigenvalue weighted by atomic mass is 35.5. The van der Waals surface area contributed by atoms with Gasteiger partial charge in [0, 0.05) is 28.5 Å². The van der Waals surface area contributed by atoms with Gasteiger partial charge < -0.3 is 30.3 Å². The monoisotopic (exact) mass is 703 g/mol. The number of ether oxygens (including phenoxy) is 2. The van der Waals surface area contributed by atoms with Crippen molar-refractivity contribution in [3.63, 3.8) is 0 Å². The maximum atomic E-state index is 15.9. The van der Waals surface area contributed by atoms with Gasteiger partial charge in [-0.2, -0.15) is 5.26 Å². The van der Waals surface area contributed by atoms with E-state index in [-0.39, 0.29) is 58.0 Å². The van der Waals surface area contributed by atoms with Crippen molar-refractivity contribution in [2.75, 3.05) is 32.2 Å². The highest BCUT2D eigenvalue weighted by molar-refractivity contribution is 6.31. The molecule has 1 aliphatic heterocycles. The van der Waals surface area contributed by atoms with E-state index in [9.17, 15) is 25.1 Å². The molecule has 0 aromatic heterocycles. The first-order valence-corrected chi connectivity index (χ1v) is 15.9. The van der Waals surface area contributed by atoms with Crippen molar-refractivity contribution < 1.29 is 38.1 Å². The second-order valence-electron chi connectivity index (χ2n) is 12.9. The number of aliphatic hydroxyl groups excluding tert-OH is 2. The van der Waals surface area contributed by atoms with E-state index in [4.69, 9.17) is 32.7 Å². The third-order valence-corrected chi connectivity index (χ3v) is 8.92. The molecular weight excluding hydrogens is 667 g/mol. The van der Waals surface area contributed by atoms with Gasteiger partial charge in [-0.1, -0.05) is 62.2 Å². The number of carbonyl (C=O) groups is 2. The van der Waals surface area contributed by atoms with Crippen LogP contribution in [0.15, 0.2) is 54.6 Å². The summed E-state index contributed by atoms with van der Waals surface area (Å²) in [6.07, 6.45) is 0.290. The molecule has 1 saturated heterocycles. The van der Waals surface area contributed by atoms with E-state index in [2.05, 4.69) is 16.7 Å². The Morgan fingerprint density at radius 2 is 1.81 bits per heavy atom. The fraction of sp³-hybridized carbons (Fsp3) is 0.400. The molecule has 1 fully saturated rings. The summed E-state index contributed by atoms with van der Waals surface area (Å²) in [4.78, 5) is 26.9. The first kappa shape index (κ1) is 37.0. The molecule has 0 radical (unpaired) electrons. The average molecular weight is 705 g/mol. The van der Waals surface area contributed by atoms with Crippen LogP contribution in [0.4, 0.5) is 14.5 Å². The topological polar surface area (TPSA) is 141 Å². The van der Waals surface area contributed by atoms with Crippen LogP contribution < -0.4 is 15.4 Å². The predicted octanol–water partition coefficient (Wildman–Crippen LogP) is 6.00. The van der Waals surface area contributed by atoms with Gasteiger partial charge >= 0.3 is 5.97 Å². The Morgan fingerprint density at radius 1 is 1.10 bits per heavy atom. The number of methoxy groups -OCH3 is 1. The van der Waals surface area contributed by atoms with Gasteiger partial charge in [-0.3, -0.25) is 4.79 Å². The number of hydrogen-bond acceptors (Lipinski definition) is 8. The molecule has 9 nitrogen and oxygen atoms in total. The first-order valence-electron chi connectivity index (χ1n) is 15.1. The van der Waals surface area contributed by atoms with Gasteiger partial charge in [-0.25, -0.2) is 13.6 Å². The van der Waals surface area contributed by atoms with Crippen LogP contribution in [0.25, 0.3) is 0 Å². The van der Waals surface area contributed by atoms with Crippen LogP contribution in [0, 0.1) is 34.3 Å². The number of rotatable bonds is 11. The highest BCUT2D eigenvalue weighted by Gasteiger charge is 2.61. The number of nitrogens with zero attached hydrogens (tertiary/aromatic N) is 1. The quantitative estimate of drug-likeness (QED) is 0.178. The van der Waals surface area contributed by atoms with Gasteiger partial charge in [-0.05, 0) is 53.8 Å². The number of halogens is 4. The minimum Gasteiger partial charge on any atom is -0.495 e. The third kappa shape index (κ3) is 7.59. The summed E-state index contributed by atoms with van der Waals surface area (Å²) in [5, 5.41) is 35.4. The molecular formula is C35H37Cl2F2N3O6. The fourth-order valence-electron chi connectivity index (χ4n) is 6.13. The molecule has 3 aromatic carbocycles. The fourth-order valence-corrected chi connectivity index (χ4v) is 6.47. The molecule has 0 saturated carbocycles. The number of nitriles is 1. The molecule has 4 rings (SSSR count). The van der Waals surface area contributed by atoms with Crippen LogP contribution in [0.2, 0.25) is 10.0 Å². The molecule has 4 atom stereocenters. The van der Waals surface area contributed by atoms with Crippen molar-refractivity contribution >= 4 is 40.8 Å². The summed E-state index contributed by atoms with van der Waals surface area (Å²) in [5.74, 6) is -4.91. The molecule has 0 unspecified atom stereocenters. The first-order chi connectivity index (χ1) is 22.7. The van der Waals surface area contributed by atoms with Crippen molar-refractivity contribution in [1.29, 1.82) is 5.26 Å². The van der Waals surface area contributed by atoms with Crippen molar-refractivity contribution in [3.05, 3.63) is 93.0 Å². The molecule has 0 aliphatic carbocycles. The van der Waals surface area contributed by atoms with E-state index in [1.807, 2.05) is 20.8 Å². The van der Waals surface area contributed by atoms with Gasteiger partial charge in [0.2, 0.25) is 5.91 Å². The predicted molar refractivity (Wildman–Crippen MR) is 177 cm³/mol. The lowest BCUT2D eigenvalue weighted by molar-refractivity contribution is -0.118. The van der Waals surface area contributed by atoms with E-state index in [1.165, 1.54) is 55.6 Å². The molecule has 4 N–H and O–H groups in total. The summed E-state index contributed by atoms with van der Waals surface area (Å²) in [5.41, 5.74) is -2.13. The maximum absolute atomic E-state index is 15.9. The molecule has 1 amide bonds. The Hall–Kier alpha value is -3.79. The Balaban J connectivity index is 1.81. The Bertz CT molecular complexity index is 1710. The molecule has 0 bridgehead atoms. The lowest BCUT2D eigenvalue weighted by Crippen LogP contribution is -2.45. The Morgan fingerprint density at radius 3 is 2.42 bits per heavy atom. The van der Waals surface area contributed by atoms with Crippen molar-refractivity contribution in [2.24, 2.45) is 11.3 Å². The van der Waals surface area contributed by atoms with E-state index < -0.39 is 58.3 Å². The van der Waals surface area contributed by atoms with E-state index in [1.54, 1.807) is 0 Å². The molecule has 1 heterocycles. The van der Waals surface area contributed by atoms with Crippen LogP contribution in [-0.2, 0) is 14.9 Å². The maximum Gasteiger partial charge on any atom is 0.338 e. The largest absolute Gasteiger partial charge is 0.495 e. The summed E-state index contributed by atoms with van der Waals surface area (Å²) in [7, 11) is 1.33. The lowest BCUT2D eigenvalue weighted by Gasteiger charge is -2.37. The molecule has 0 spiro atoms. The smallest absolute Gasteiger partial charge is 0.338 e. The lowest BCUT2D eigenvalue weighted by atomic mass is 9.62. The van der Waals surface area contributed by atoms with Crippen LogP contribution in [0.1, 0.15) is 54.6 Å². The Kier molecular flexibility index (Phi) is 11.7. The molecule has 48 heavy (non-hydrogen) atoms. The SMILES string of the molecule is COc1cc(C(=O)OCC(CO)CO)ccc1NC(=O)[C@@H]1N[C@@H](CC(C)(C)C)[C@](C#N)(c2ccc(Cl)cc2F)[C@H]1c1cccc(Cl)c1F. The normalized spacial score (nSPS) is 20.8. The van der Waals surface area contributed by atoms with Gasteiger partial charge in [0.05, 0.1) is 55.3 Å². The minimum absolute atomic E-state index is 0.0547. The van der Waals surface area contributed by atoms with Gasteiger partial charge in [0.1, 0.15) is 22.8 Å². The molecule has 13 heteroatoms. The highest BCUT2D eigenvalue weighted by Crippen LogP contribution is 2.53. The zero-order valence-electron chi connectivity index (χ0n) is 26.8. The summed E-state index contributed by atoms with van der Waals surface area (Å²) in [6, 6.07) is 12.5. The standard InChI is InChI=1S/C35H37Cl2F2N3O6/c1-34(2,3)14-28-35(18-40,23-10-9-21(36)13-25(23)38)29(22-6-5-7-24(37)30(22)39)31(42-28)32(45)41-26-11-8-20(12-27(26)47-4)33(46)48-17-19(15-43)16-44/h5-13,19,28-29,31,42-44H,14-17H2,1-4H3,(H,41,45)/t28-,29-,31+,35-/m0/s1. The van der Waals surface area contributed by atoms with E-state index in [0.717, 1.165) is 6.07 Å². The van der Waals surface area contributed by atoms with Crippen molar-refractivity contribution in [3.8, 4) is 11.8 Å². The van der Waals surface area contributed by atoms with Crippen molar-refractivity contribution in [2.45, 2.75) is 50.6 Å². The summed E-state index contributed by atoms with van der Waals surface area (Å²) < 4.78 is 42.4. The zero-order valence-corrected chi connectivity index (χ0v) is 28.3. The van der Waals surface area contributed by atoms with Gasteiger partial charge in [0.15, 0.2) is 0 Å². The number of hydrogen-bond donors (Lipinski definition) is 4. The number of nitrogens with one attached hydrogen (secondary N) is 2. The average Bonchev–Trinajstić information content (AvgIpc) is 3.35. The van der Waals surface area contributed by atoms with Crippen molar-refractivity contribution in [1.82, 2.24) is 5.32 Å². The zero-order chi connectivity index (χ0) is 35.4. The van der Waals surface area contributed by atoms with Crippen LogP contribution >= 0.6 is 23.2 Å². The number of aliphatic hydroxyl groups is 2. The summed E-state index contributed by atoms with van der Waals surface area (Å²) >= 11 is 12.3. The third-order valence-electron chi connectivity index (χ3n) is 8.39. The number of anilines is 1. The minimum atomic E-state index is -1.81. The second kappa shape index (κ2) is 15.2. The number of esters is 1. The molecule has 3 aromatic rings. The van der Waals surface area contributed by atoms with E-state index >= 15 is 8.78 Å². The number of amides is 1. The van der Waals surface area contributed by atoms with Crippen LogP contribution in [0.5, 0.6) is 5.75 Å². The second-order valence-corrected chi connectivity index (χ2v) is 13.8. The number of benzene rings is 3.